The van der Waals surface area contributed by atoms with Crippen LogP contribution in [0.15, 0.2) is 23.1 Å². The number of hydrogen-bond donors (Lipinski definition) is 2. The Balaban J connectivity index is 2.43. The second-order valence-electron chi connectivity index (χ2n) is 3.09. The minimum atomic E-state index is -0.933. The summed E-state index contributed by atoms with van der Waals surface area (Å²) in [6.45, 7) is 0. The van der Waals surface area contributed by atoms with E-state index in [2.05, 4.69) is 0 Å². The van der Waals surface area contributed by atoms with Crippen LogP contribution in [0.1, 0.15) is 6.42 Å². The highest BCUT2D eigenvalue weighted by Gasteiger charge is 2.07. The van der Waals surface area contributed by atoms with E-state index in [-0.39, 0.29) is 17.1 Å². The zero-order chi connectivity index (χ0) is 12.8. The van der Waals surface area contributed by atoms with Crippen molar-refractivity contribution in [2.75, 3.05) is 5.75 Å². The average Bonchev–Trinajstić information content (AvgIpc) is 2.22. The summed E-state index contributed by atoms with van der Waals surface area (Å²) in [7, 11) is 0. The summed E-state index contributed by atoms with van der Waals surface area (Å²) in [6, 6.07) is 2.14. The molecule has 0 unspecified atom stereocenters. The van der Waals surface area contributed by atoms with Gasteiger partial charge in [0, 0.05) is 17.1 Å². The predicted octanol–water partition coefficient (Wildman–Crippen LogP) is 1.64. The van der Waals surface area contributed by atoms with Crippen molar-refractivity contribution >= 4 is 23.7 Å². The first kappa shape index (κ1) is 13.4. The maximum absolute atomic E-state index is 13.1. The molecule has 1 aromatic carbocycles. The molecule has 0 aromatic heterocycles. The molecular weight excluding hydrogens is 250 g/mol. The number of carbonyl (C=O) groups is 2. The summed E-state index contributed by atoms with van der Waals surface area (Å²) in [5, 5.41) is 1.87. The van der Waals surface area contributed by atoms with Crippen LogP contribution in [-0.4, -0.2) is 17.7 Å². The van der Waals surface area contributed by atoms with Crippen molar-refractivity contribution in [3.63, 3.8) is 0 Å². The number of hydrogen-bond acceptors (Lipinski definition) is 3. The molecule has 0 saturated carbocycles. The van der Waals surface area contributed by atoms with Crippen LogP contribution in [0.3, 0.4) is 0 Å². The second kappa shape index (κ2) is 6.19. The molecule has 0 saturated heterocycles. The molecule has 3 N–H and O–H groups in total. The summed E-state index contributed by atoms with van der Waals surface area (Å²) in [5.74, 6) is -1.43. The second-order valence-corrected chi connectivity index (χ2v) is 4.22. The quantitative estimate of drug-likeness (QED) is 0.808. The van der Waals surface area contributed by atoms with Gasteiger partial charge >= 0.3 is 6.03 Å². The van der Waals surface area contributed by atoms with E-state index in [1.807, 2.05) is 5.32 Å². The number of urea groups is 1. The Morgan fingerprint density at radius 2 is 2.06 bits per heavy atom. The van der Waals surface area contributed by atoms with Crippen LogP contribution >= 0.6 is 11.8 Å². The predicted molar refractivity (Wildman–Crippen MR) is 59.4 cm³/mol. The lowest BCUT2D eigenvalue weighted by molar-refractivity contribution is -0.119. The van der Waals surface area contributed by atoms with Crippen molar-refractivity contribution in [1.82, 2.24) is 5.32 Å². The molecule has 0 atom stereocenters. The van der Waals surface area contributed by atoms with Crippen molar-refractivity contribution in [1.29, 1.82) is 0 Å². The first-order valence-electron chi connectivity index (χ1n) is 4.66. The van der Waals surface area contributed by atoms with E-state index in [0.717, 1.165) is 30.0 Å². The Hall–Kier alpha value is -1.63. The molecule has 17 heavy (non-hydrogen) atoms. The Kier molecular flexibility index (Phi) is 4.89. The van der Waals surface area contributed by atoms with Crippen LogP contribution in [0.25, 0.3) is 0 Å². The zero-order valence-electron chi connectivity index (χ0n) is 8.70. The van der Waals surface area contributed by atoms with Crippen LogP contribution in [-0.2, 0) is 4.79 Å². The first-order chi connectivity index (χ1) is 7.99. The molecule has 0 aliphatic rings. The van der Waals surface area contributed by atoms with E-state index in [9.17, 15) is 18.4 Å². The van der Waals surface area contributed by atoms with Crippen LogP contribution in [0.5, 0.6) is 0 Å². The van der Waals surface area contributed by atoms with Gasteiger partial charge in [-0.2, -0.15) is 0 Å². The summed E-state index contributed by atoms with van der Waals surface area (Å²) in [5.41, 5.74) is 4.73. The van der Waals surface area contributed by atoms with Gasteiger partial charge in [0.25, 0.3) is 0 Å². The summed E-state index contributed by atoms with van der Waals surface area (Å²) >= 11 is 0.989. The van der Waals surface area contributed by atoms with Crippen molar-refractivity contribution in [2.45, 2.75) is 11.3 Å². The highest BCUT2D eigenvalue weighted by molar-refractivity contribution is 7.99. The zero-order valence-corrected chi connectivity index (χ0v) is 9.52. The van der Waals surface area contributed by atoms with Gasteiger partial charge in [-0.15, -0.1) is 11.8 Å². The lowest BCUT2D eigenvalue weighted by Gasteiger charge is -2.03. The number of carbonyl (C=O) groups excluding carboxylic acids is 2. The Bertz CT molecular complexity index is 440. The summed E-state index contributed by atoms with van der Waals surface area (Å²) in [6.07, 6.45) is -0.0104. The number of amides is 3. The molecule has 0 bridgehead atoms. The van der Waals surface area contributed by atoms with Crippen LogP contribution < -0.4 is 11.1 Å². The van der Waals surface area contributed by atoms with Gasteiger partial charge in [0.1, 0.15) is 11.6 Å². The number of benzene rings is 1. The third-order valence-electron chi connectivity index (χ3n) is 1.74. The van der Waals surface area contributed by atoms with Gasteiger partial charge in [-0.25, -0.2) is 13.6 Å². The number of primary amides is 1. The van der Waals surface area contributed by atoms with E-state index in [4.69, 9.17) is 5.73 Å². The van der Waals surface area contributed by atoms with E-state index in [1.54, 1.807) is 0 Å². The van der Waals surface area contributed by atoms with E-state index in [1.165, 1.54) is 0 Å². The molecule has 1 aromatic rings. The molecule has 0 aliphatic carbocycles. The topological polar surface area (TPSA) is 72.2 Å². The van der Waals surface area contributed by atoms with Gasteiger partial charge in [0.2, 0.25) is 5.91 Å². The van der Waals surface area contributed by atoms with Crippen molar-refractivity contribution < 1.29 is 18.4 Å². The molecule has 7 heteroatoms. The maximum atomic E-state index is 13.1. The SMILES string of the molecule is NC(=O)NC(=O)CCSc1cc(F)ccc1F. The number of nitrogens with one attached hydrogen (secondary N) is 1. The molecule has 0 spiro atoms. The molecule has 0 fully saturated rings. The molecule has 1 rings (SSSR count). The molecule has 92 valence electrons. The highest BCUT2D eigenvalue weighted by Crippen LogP contribution is 2.23. The molecule has 0 aliphatic heterocycles. The normalized spacial score (nSPS) is 10.0. The third-order valence-corrected chi connectivity index (χ3v) is 2.77. The molecule has 4 nitrogen and oxygen atoms in total. The Morgan fingerprint density at radius 3 is 2.71 bits per heavy atom. The van der Waals surface area contributed by atoms with Crippen molar-refractivity contribution in [3.8, 4) is 0 Å². The number of halogens is 2. The lowest BCUT2D eigenvalue weighted by Crippen LogP contribution is -2.35. The van der Waals surface area contributed by atoms with Crippen molar-refractivity contribution in [2.24, 2.45) is 5.73 Å². The number of thioether (sulfide) groups is 1. The van der Waals surface area contributed by atoms with E-state index >= 15 is 0 Å². The lowest BCUT2D eigenvalue weighted by atomic mass is 10.3. The summed E-state index contributed by atoms with van der Waals surface area (Å²) in [4.78, 5) is 21.4. The smallest absolute Gasteiger partial charge is 0.318 e. The molecule has 0 radical (unpaired) electrons. The van der Waals surface area contributed by atoms with Crippen LogP contribution in [0.4, 0.5) is 13.6 Å². The molecular formula is C10H10F2N2O2S. The molecule has 0 heterocycles. The van der Waals surface area contributed by atoms with Gasteiger partial charge in [-0.1, -0.05) is 0 Å². The van der Waals surface area contributed by atoms with Gasteiger partial charge in [-0.05, 0) is 18.2 Å². The van der Waals surface area contributed by atoms with Crippen LogP contribution in [0.2, 0.25) is 0 Å². The van der Waals surface area contributed by atoms with Crippen molar-refractivity contribution in [3.05, 3.63) is 29.8 Å². The number of nitrogens with two attached hydrogens (primary N) is 1. The molecule has 3 amide bonds. The first-order valence-corrected chi connectivity index (χ1v) is 5.64. The fourth-order valence-corrected chi connectivity index (χ4v) is 1.95. The monoisotopic (exact) mass is 260 g/mol. The standard InChI is InChI=1S/C10H10F2N2O2S/c11-6-1-2-7(12)8(5-6)17-4-3-9(15)14-10(13)16/h1-2,5H,3-4H2,(H3,13,14,15,16). The summed E-state index contributed by atoms with van der Waals surface area (Å²) < 4.78 is 25.9. The Morgan fingerprint density at radius 1 is 1.35 bits per heavy atom. The third kappa shape index (κ3) is 4.81. The van der Waals surface area contributed by atoms with Gasteiger partial charge in [0.05, 0.1) is 0 Å². The fourth-order valence-electron chi connectivity index (χ4n) is 1.04. The van der Waals surface area contributed by atoms with Crippen LogP contribution in [0, 0.1) is 11.6 Å². The number of rotatable bonds is 4. The average molecular weight is 260 g/mol. The largest absolute Gasteiger partial charge is 0.351 e. The fraction of sp³-hybridized carbons (Fsp3) is 0.200. The minimum absolute atomic E-state index is 0.0104. The van der Waals surface area contributed by atoms with E-state index < -0.39 is 23.6 Å². The van der Waals surface area contributed by atoms with Gasteiger partial charge in [0.15, 0.2) is 0 Å². The maximum Gasteiger partial charge on any atom is 0.318 e. The van der Waals surface area contributed by atoms with E-state index in [0.29, 0.717) is 0 Å². The number of imide groups is 1. The minimum Gasteiger partial charge on any atom is -0.351 e. The Labute approximate surface area is 101 Å². The van der Waals surface area contributed by atoms with Gasteiger partial charge in [-0.3, -0.25) is 10.1 Å². The van der Waals surface area contributed by atoms with Gasteiger partial charge < -0.3 is 5.73 Å². The highest BCUT2D eigenvalue weighted by atomic mass is 32.2.